The van der Waals surface area contributed by atoms with Gasteiger partial charge in [0.05, 0.1) is 5.54 Å². The first-order valence-corrected chi connectivity index (χ1v) is 12.6. The Kier molecular flexibility index (Phi) is 6.00. The van der Waals surface area contributed by atoms with Gasteiger partial charge in [-0.05, 0) is 81.4 Å². The Balaban J connectivity index is 1.50. The molecule has 1 unspecified atom stereocenters. The lowest BCUT2D eigenvalue weighted by Gasteiger charge is -2.52. The summed E-state index contributed by atoms with van der Waals surface area (Å²) in [7, 11) is 4.35. The number of halogens is 1. The van der Waals surface area contributed by atoms with E-state index in [9.17, 15) is 4.79 Å². The van der Waals surface area contributed by atoms with Crippen molar-refractivity contribution in [1.29, 1.82) is 0 Å². The largest absolute Gasteiger partial charge is 0.356 e. The molecule has 2 aromatic carbocycles. The third-order valence-corrected chi connectivity index (χ3v) is 8.31. The maximum Gasteiger partial charge on any atom is 0.223 e. The van der Waals surface area contributed by atoms with Crippen LogP contribution in [-0.2, 0) is 16.8 Å². The van der Waals surface area contributed by atoms with Crippen molar-refractivity contribution >= 4 is 28.4 Å². The molecule has 1 N–H and O–H groups in total. The zero-order chi connectivity index (χ0) is 23.2. The van der Waals surface area contributed by atoms with Gasteiger partial charge < -0.3 is 14.8 Å². The second-order valence-corrected chi connectivity index (χ2v) is 10.4. The molecule has 1 atom stereocenters. The zero-order valence-electron chi connectivity index (χ0n) is 19.9. The molecule has 5 rings (SSSR count). The van der Waals surface area contributed by atoms with E-state index in [1.165, 1.54) is 27.7 Å². The van der Waals surface area contributed by atoms with E-state index in [0.717, 1.165) is 43.7 Å². The fourth-order valence-electron chi connectivity index (χ4n) is 6.59. The molecule has 1 aliphatic carbocycles. The van der Waals surface area contributed by atoms with Crippen LogP contribution < -0.4 is 0 Å². The molecular weight excluding hydrogens is 430 g/mol. The first-order chi connectivity index (χ1) is 15.9. The summed E-state index contributed by atoms with van der Waals surface area (Å²) in [5, 5.41) is 2.10. The third kappa shape index (κ3) is 3.77. The van der Waals surface area contributed by atoms with Crippen LogP contribution >= 0.6 is 11.6 Å². The second-order valence-electron chi connectivity index (χ2n) is 10.0. The molecule has 0 saturated heterocycles. The van der Waals surface area contributed by atoms with Crippen LogP contribution in [0.5, 0.6) is 0 Å². The molecule has 4 nitrogen and oxygen atoms in total. The van der Waals surface area contributed by atoms with Crippen molar-refractivity contribution in [3.8, 4) is 0 Å². The Morgan fingerprint density at radius 2 is 1.85 bits per heavy atom. The number of carbonyl (C=O) groups excluding carboxylic acids is 1. The third-order valence-electron chi connectivity index (χ3n) is 8.06. The maximum atomic E-state index is 13.1. The van der Waals surface area contributed by atoms with Crippen molar-refractivity contribution in [3.63, 3.8) is 0 Å². The standard InChI is InChI=1S/C28H34ClN3O/c1-4-25(33)32-18-15-23-22-7-5-6-8-24(22)30-27(23)28(32)16-13-20(14-17-28)26(31(2)3)19-9-11-21(29)12-10-19/h5-12,20,26,30H,4,13-18H2,1-3H3. The minimum atomic E-state index is -0.215. The number of amides is 1. The van der Waals surface area contributed by atoms with Gasteiger partial charge in [0.1, 0.15) is 0 Å². The van der Waals surface area contributed by atoms with Crippen LogP contribution in [0.25, 0.3) is 10.9 Å². The van der Waals surface area contributed by atoms with Crippen LogP contribution in [0.1, 0.15) is 61.9 Å². The number of para-hydroxylation sites is 1. The minimum absolute atomic E-state index is 0.215. The highest BCUT2D eigenvalue weighted by Crippen LogP contribution is 2.51. The number of hydrogen-bond acceptors (Lipinski definition) is 2. The van der Waals surface area contributed by atoms with Crippen molar-refractivity contribution in [2.45, 2.75) is 57.0 Å². The first kappa shape index (κ1) is 22.5. The number of benzene rings is 2. The number of H-pyrrole nitrogens is 1. The van der Waals surface area contributed by atoms with Gasteiger partial charge >= 0.3 is 0 Å². The van der Waals surface area contributed by atoms with Crippen molar-refractivity contribution in [2.24, 2.45) is 5.92 Å². The Morgan fingerprint density at radius 3 is 2.52 bits per heavy atom. The van der Waals surface area contributed by atoms with Gasteiger partial charge in [0.2, 0.25) is 5.91 Å². The molecule has 1 aromatic heterocycles. The van der Waals surface area contributed by atoms with Crippen LogP contribution in [0.15, 0.2) is 48.5 Å². The van der Waals surface area contributed by atoms with Gasteiger partial charge in [0.15, 0.2) is 0 Å². The smallest absolute Gasteiger partial charge is 0.223 e. The van der Waals surface area contributed by atoms with E-state index in [4.69, 9.17) is 11.6 Å². The van der Waals surface area contributed by atoms with Gasteiger partial charge in [-0.3, -0.25) is 4.79 Å². The predicted molar refractivity (Wildman–Crippen MR) is 136 cm³/mol. The fraction of sp³-hybridized carbons (Fsp3) is 0.464. The van der Waals surface area contributed by atoms with E-state index >= 15 is 0 Å². The molecular formula is C28H34ClN3O. The lowest BCUT2D eigenvalue weighted by molar-refractivity contribution is -0.141. The SMILES string of the molecule is CCC(=O)N1CCc2c([nH]c3ccccc23)C12CCC(C(c1ccc(Cl)cc1)N(C)C)CC2. The first-order valence-electron chi connectivity index (χ1n) is 12.3. The van der Waals surface area contributed by atoms with Crippen molar-refractivity contribution < 1.29 is 4.79 Å². The second kappa shape index (κ2) is 8.81. The van der Waals surface area contributed by atoms with Gasteiger partial charge in [-0.15, -0.1) is 0 Å². The van der Waals surface area contributed by atoms with Gasteiger partial charge in [0.25, 0.3) is 0 Å². The summed E-state index contributed by atoms with van der Waals surface area (Å²) in [4.78, 5) is 21.5. The Hall–Kier alpha value is -2.30. The van der Waals surface area contributed by atoms with Crippen molar-refractivity contribution in [1.82, 2.24) is 14.8 Å². The molecule has 1 spiro atoms. The molecule has 0 bridgehead atoms. The van der Waals surface area contributed by atoms with Gasteiger partial charge in [-0.25, -0.2) is 0 Å². The molecule has 3 aromatic rings. The Labute approximate surface area is 201 Å². The molecule has 1 saturated carbocycles. The number of aromatic amines is 1. The summed E-state index contributed by atoms with van der Waals surface area (Å²) in [6.45, 7) is 2.81. The highest BCUT2D eigenvalue weighted by Gasteiger charge is 2.49. The monoisotopic (exact) mass is 463 g/mol. The predicted octanol–water partition coefficient (Wildman–Crippen LogP) is 6.30. The van der Waals surface area contributed by atoms with Gasteiger partial charge in [-0.2, -0.15) is 0 Å². The van der Waals surface area contributed by atoms with E-state index in [1.807, 2.05) is 19.1 Å². The molecule has 5 heteroatoms. The van der Waals surface area contributed by atoms with Crippen LogP contribution in [0.3, 0.4) is 0 Å². The molecule has 174 valence electrons. The number of hydrogen-bond donors (Lipinski definition) is 1. The van der Waals surface area contributed by atoms with E-state index in [1.54, 1.807) is 0 Å². The highest BCUT2D eigenvalue weighted by atomic mass is 35.5. The number of nitrogens with one attached hydrogen (secondary N) is 1. The number of nitrogens with zero attached hydrogens (tertiary/aromatic N) is 2. The number of carbonyl (C=O) groups is 1. The average molecular weight is 464 g/mol. The summed E-state index contributed by atoms with van der Waals surface area (Å²) in [6, 6.07) is 17.3. The van der Waals surface area contributed by atoms with Gasteiger partial charge in [-0.1, -0.05) is 48.9 Å². The van der Waals surface area contributed by atoms with Crippen molar-refractivity contribution in [3.05, 3.63) is 70.4 Å². The lowest BCUT2D eigenvalue weighted by Crippen LogP contribution is -2.55. The fourth-order valence-corrected chi connectivity index (χ4v) is 6.72. The zero-order valence-corrected chi connectivity index (χ0v) is 20.7. The van der Waals surface area contributed by atoms with Crippen LogP contribution in [0.2, 0.25) is 5.02 Å². The van der Waals surface area contributed by atoms with E-state index in [0.29, 0.717) is 18.4 Å². The van der Waals surface area contributed by atoms with E-state index in [2.05, 4.69) is 65.3 Å². The number of rotatable bonds is 4. The van der Waals surface area contributed by atoms with Crippen LogP contribution in [0, 0.1) is 5.92 Å². The van der Waals surface area contributed by atoms with Crippen LogP contribution in [-0.4, -0.2) is 41.3 Å². The summed E-state index contributed by atoms with van der Waals surface area (Å²) >= 11 is 6.17. The van der Waals surface area contributed by atoms with E-state index < -0.39 is 0 Å². The minimum Gasteiger partial charge on any atom is -0.356 e. The molecule has 1 aliphatic heterocycles. The lowest BCUT2D eigenvalue weighted by atomic mass is 9.68. The van der Waals surface area contributed by atoms with E-state index in [-0.39, 0.29) is 11.4 Å². The average Bonchev–Trinajstić information content (AvgIpc) is 3.21. The Bertz CT molecular complexity index is 1140. The summed E-state index contributed by atoms with van der Waals surface area (Å²) in [5.74, 6) is 0.819. The summed E-state index contributed by atoms with van der Waals surface area (Å²) in [6.07, 6.45) is 5.68. The molecule has 1 fully saturated rings. The normalized spacial score (nSPS) is 23.8. The molecule has 0 radical (unpaired) electrons. The topological polar surface area (TPSA) is 39.3 Å². The highest BCUT2D eigenvalue weighted by molar-refractivity contribution is 6.30. The maximum absolute atomic E-state index is 13.1. The number of aromatic nitrogens is 1. The quantitative estimate of drug-likeness (QED) is 0.492. The molecule has 2 heterocycles. The van der Waals surface area contributed by atoms with Crippen LogP contribution in [0.4, 0.5) is 0 Å². The van der Waals surface area contributed by atoms with Gasteiger partial charge in [0, 0.05) is 40.6 Å². The van der Waals surface area contributed by atoms with Crippen molar-refractivity contribution in [2.75, 3.05) is 20.6 Å². The summed E-state index contributed by atoms with van der Waals surface area (Å²) < 4.78 is 0. The molecule has 1 amide bonds. The summed E-state index contributed by atoms with van der Waals surface area (Å²) in [5.41, 5.74) is 5.02. The molecule has 2 aliphatic rings. The number of fused-ring (bicyclic) bond motifs is 4. The Morgan fingerprint density at radius 1 is 1.15 bits per heavy atom. The molecule has 33 heavy (non-hydrogen) atoms.